The van der Waals surface area contributed by atoms with E-state index in [2.05, 4.69) is 13.8 Å². The Labute approximate surface area is 113 Å². The van der Waals surface area contributed by atoms with Crippen molar-refractivity contribution in [2.45, 2.75) is 39.7 Å². The van der Waals surface area contributed by atoms with Gasteiger partial charge in [-0.25, -0.2) is 0 Å². The molecule has 1 heterocycles. The molecule has 0 saturated carbocycles. The zero-order valence-corrected chi connectivity index (χ0v) is 12.3. The van der Waals surface area contributed by atoms with Crippen LogP contribution in [0, 0.1) is 6.92 Å². The molecule has 0 atom stereocenters. The lowest BCUT2D eigenvalue weighted by Crippen LogP contribution is -2.40. The predicted molar refractivity (Wildman–Crippen MR) is 75.2 cm³/mol. The number of rotatable bonds is 6. The lowest BCUT2D eigenvalue weighted by atomic mass is 10.1. The maximum absolute atomic E-state index is 12.4. The molecule has 0 radical (unpaired) electrons. The summed E-state index contributed by atoms with van der Waals surface area (Å²) < 4.78 is 0. The van der Waals surface area contributed by atoms with Gasteiger partial charge in [0.25, 0.3) is 5.91 Å². The second-order valence-electron chi connectivity index (χ2n) is 4.07. The monoisotopic (exact) mass is 273 g/mol. The molecule has 0 aromatic carbocycles. The molecule has 1 aromatic rings. The molecular weight excluding hydrogens is 254 g/mol. The number of thiophene rings is 1. The smallest absolute Gasteiger partial charge is 0.264 e. The first-order valence-corrected chi connectivity index (χ1v) is 7.42. The van der Waals surface area contributed by atoms with Crippen LogP contribution in [0.1, 0.15) is 41.2 Å². The van der Waals surface area contributed by atoms with E-state index < -0.39 is 0 Å². The number of aryl methyl sites for hydroxylation is 1. The average Bonchev–Trinajstić information content (AvgIpc) is 2.75. The molecule has 1 amide bonds. The van der Waals surface area contributed by atoms with Crippen LogP contribution in [0.2, 0.25) is 0 Å². The van der Waals surface area contributed by atoms with Crippen molar-refractivity contribution in [1.29, 1.82) is 0 Å². The molecule has 96 valence electrons. The molecule has 1 rings (SSSR count). The van der Waals surface area contributed by atoms with Crippen molar-refractivity contribution in [2.24, 2.45) is 0 Å². The van der Waals surface area contributed by atoms with Gasteiger partial charge >= 0.3 is 0 Å². The van der Waals surface area contributed by atoms with Gasteiger partial charge in [-0.1, -0.05) is 13.8 Å². The van der Waals surface area contributed by atoms with Gasteiger partial charge in [0.15, 0.2) is 0 Å². The Balaban J connectivity index is 2.86. The minimum Gasteiger partial charge on any atom is -0.334 e. The van der Waals surface area contributed by atoms with E-state index in [4.69, 9.17) is 11.6 Å². The van der Waals surface area contributed by atoms with Gasteiger partial charge in [0, 0.05) is 23.3 Å². The van der Waals surface area contributed by atoms with Gasteiger partial charge in [-0.2, -0.15) is 0 Å². The molecule has 0 bridgehead atoms. The highest BCUT2D eigenvalue weighted by Crippen LogP contribution is 2.20. The molecule has 0 aliphatic rings. The highest BCUT2D eigenvalue weighted by molar-refractivity contribution is 7.13. The molecule has 0 N–H and O–H groups in total. The Morgan fingerprint density at radius 3 is 2.47 bits per heavy atom. The van der Waals surface area contributed by atoms with Crippen molar-refractivity contribution in [1.82, 2.24) is 4.90 Å². The molecule has 2 nitrogen and oxygen atoms in total. The van der Waals surface area contributed by atoms with Gasteiger partial charge in [-0.15, -0.1) is 22.9 Å². The van der Waals surface area contributed by atoms with E-state index in [9.17, 15) is 4.79 Å². The topological polar surface area (TPSA) is 20.3 Å². The standard InChI is InChI=1S/C13H20ClNOS/c1-4-11(5-2)15(9-8-14)13(16)12-7-6-10(3)17-12/h6-7,11H,4-5,8-9H2,1-3H3. The molecule has 1 aromatic heterocycles. The maximum Gasteiger partial charge on any atom is 0.264 e. The second kappa shape index (κ2) is 7.02. The summed E-state index contributed by atoms with van der Waals surface area (Å²) in [6, 6.07) is 4.19. The van der Waals surface area contributed by atoms with E-state index in [1.807, 2.05) is 24.0 Å². The van der Waals surface area contributed by atoms with Crippen LogP contribution in [0.25, 0.3) is 0 Å². The summed E-state index contributed by atoms with van der Waals surface area (Å²) in [4.78, 5) is 16.3. The minimum absolute atomic E-state index is 0.123. The number of carbonyl (C=O) groups is 1. The summed E-state index contributed by atoms with van der Waals surface area (Å²) >= 11 is 7.35. The van der Waals surface area contributed by atoms with Gasteiger partial charge in [-0.05, 0) is 31.9 Å². The number of hydrogen-bond donors (Lipinski definition) is 0. The highest BCUT2D eigenvalue weighted by atomic mass is 35.5. The van der Waals surface area contributed by atoms with Crippen molar-refractivity contribution in [3.05, 3.63) is 21.9 Å². The third-order valence-corrected chi connectivity index (χ3v) is 4.08. The molecule has 0 aliphatic heterocycles. The van der Waals surface area contributed by atoms with Crippen LogP contribution in [0.4, 0.5) is 0 Å². The first-order valence-electron chi connectivity index (χ1n) is 6.07. The van der Waals surface area contributed by atoms with Crippen LogP contribution in [0.5, 0.6) is 0 Å². The van der Waals surface area contributed by atoms with E-state index >= 15 is 0 Å². The van der Waals surface area contributed by atoms with Crippen molar-refractivity contribution < 1.29 is 4.79 Å². The number of carbonyl (C=O) groups excluding carboxylic acids is 1. The minimum atomic E-state index is 0.123. The Morgan fingerprint density at radius 1 is 1.41 bits per heavy atom. The number of alkyl halides is 1. The van der Waals surface area contributed by atoms with E-state index in [1.54, 1.807) is 11.3 Å². The highest BCUT2D eigenvalue weighted by Gasteiger charge is 2.22. The number of halogens is 1. The fourth-order valence-corrected chi connectivity index (χ4v) is 2.97. The molecule has 4 heteroatoms. The van der Waals surface area contributed by atoms with E-state index in [0.29, 0.717) is 18.5 Å². The number of hydrogen-bond acceptors (Lipinski definition) is 2. The van der Waals surface area contributed by atoms with Crippen LogP contribution in [-0.2, 0) is 0 Å². The fourth-order valence-electron chi connectivity index (χ4n) is 1.96. The Kier molecular flexibility index (Phi) is 6.00. The summed E-state index contributed by atoms with van der Waals surface area (Å²) in [5.41, 5.74) is 0. The molecule has 17 heavy (non-hydrogen) atoms. The predicted octanol–water partition coefficient (Wildman–Crippen LogP) is 3.93. The molecule has 0 aliphatic carbocycles. The zero-order chi connectivity index (χ0) is 12.8. The van der Waals surface area contributed by atoms with E-state index in [0.717, 1.165) is 17.7 Å². The lowest BCUT2D eigenvalue weighted by molar-refractivity contribution is 0.0686. The third kappa shape index (κ3) is 3.71. The van der Waals surface area contributed by atoms with Gasteiger partial charge in [0.05, 0.1) is 4.88 Å². The van der Waals surface area contributed by atoms with E-state index in [-0.39, 0.29) is 5.91 Å². The van der Waals surface area contributed by atoms with Crippen LogP contribution in [0.15, 0.2) is 12.1 Å². The number of nitrogens with zero attached hydrogens (tertiary/aromatic N) is 1. The molecular formula is C13H20ClNOS. The van der Waals surface area contributed by atoms with Gasteiger partial charge in [0.1, 0.15) is 0 Å². The Bertz CT molecular complexity index is 360. The number of amides is 1. The summed E-state index contributed by atoms with van der Waals surface area (Å²) in [6.07, 6.45) is 1.95. The lowest BCUT2D eigenvalue weighted by Gasteiger charge is -2.29. The first-order chi connectivity index (χ1) is 8.13. The van der Waals surface area contributed by atoms with Gasteiger partial charge < -0.3 is 4.90 Å². The van der Waals surface area contributed by atoms with Crippen LogP contribution in [-0.4, -0.2) is 29.3 Å². The van der Waals surface area contributed by atoms with Crippen molar-refractivity contribution in [3.8, 4) is 0 Å². The first kappa shape index (κ1) is 14.5. The average molecular weight is 274 g/mol. The third-order valence-electron chi connectivity index (χ3n) is 2.92. The van der Waals surface area contributed by atoms with E-state index in [1.165, 1.54) is 4.88 Å². The summed E-state index contributed by atoms with van der Waals surface area (Å²) in [5.74, 6) is 0.615. The molecule has 0 unspecified atom stereocenters. The Morgan fingerprint density at radius 2 is 2.06 bits per heavy atom. The van der Waals surface area contributed by atoms with Crippen molar-refractivity contribution in [2.75, 3.05) is 12.4 Å². The summed E-state index contributed by atoms with van der Waals surface area (Å²) in [6.45, 7) is 6.87. The summed E-state index contributed by atoms with van der Waals surface area (Å²) in [7, 11) is 0. The molecule has 0 spiro atoms. The quantitative estimate of drug-likeness (QED) is 0.719. The maximum atomic E-state index is 12.4. The van der Waals surface area contributed by atoms with Gasteiger partial charge in [0.2, 0.25) is 0 Å². The van der Waals surface area contributed by atoms with Gasteiger partial charge in [-0.3, -0.25) is 4.79 Å². The zero-order valence-electron chi connectivity index (χ0n) is 10.7. The van der Waals surface area contributed by atoms with Crippen LogP contribution in [0.3, 0.4) is 0 Å². The second-order valence-corrected chi connectivity index (χ2v) is 5.73. The normalized spacial score (nSPS) is 10.9. The SMILES string of the molecule is CCC(CC)N(CCCl)C(=O)c1ccc(C)s1. The molecule has 0 fully saturated rings. The van der Waals surface area contributed by atoms with Crippen molar-refractivity contribution in [3.63, 3.8) is 0 Å². The Hall–Kier alpha value is -0.540. The van der Waals surface area contributed by atoms with Crippen molar-refractivity contribution >= 4 is 28.8 Å². The molecule has 0 saturated heterocycles. The van der Waals surface area contributed by atoms with Crippen LogP contribution < -0.4 is 0 Å². The summed E-state index contributed by atoms with van der Waals surface area (Å²) in [5, 5.41) is 0. The van der Waals surface area contributed by atoms with Crippen LogP contribution >= 0.6 is 22.9 Å². The largest absolute Gasteiger partial charge is 0.334 e. The fraction of sp³-hybridized carbons (Fsp3) is 0.615.